The summed E-state index contributed by atoms with van der Waals surface area (Å²) >= 11 is 0. The van der Waals surface area contributed by atoms with Crippen LogP contribution in [0.3, 0.4) is 0 Å². The third-order valence-electron chi connectivity index (χ3n) is 5.43. The molecule has 0 radical (unpaired) electrons. The molecule has 128 valence electrons. The monoisotopic (exact) mass is 336 g/mol. The molecule has 4 bridgehead atoms. The van der Waals surface area contributed by atoms with Crippen LogP contribution in [0.2, 0.25) is 0 Å². The third kappa shape index (κ3) is 2.95. The number of hydrogen-bond acceptors (Lipinski definition) is 2. The standard InChI is InChI=1S/C18H19F3N2O/c19-18(20,21)14-1-3-15(4-2-14)22-17(24)7-16-12-5-11-6-13(16)10-23(8-11)9-12/h1-4,7,11-13H,5-6,8-10H2,(H,22,24). The fraction of sp³-hybridized carbons (Fsp3) is 0.500. The van der Waals surface area contributed by atoms with Crippen LogP contribution in [0.25, 0.3) is 0 Å². The number of halogens is 3. The lowest BCUT2D eigenvalue weighted by molar-refractivity contribution is -0.137. The van der Waals surface area contributed by atoms with E-state index in [1.807, 2.05) is 0 Å². The number of nitrogens with one attached hydrogen (secondary N) is 1. The number of carbonyl (C=O) groups is 1. The fourth-order valence-electron chi connectivity index (χ4n) is 4.54. The van der Waals surface area contributed by atoms with Crippen LogP contribution in [0.15, 0.2) is 35.9 Å². The van der Waals surface area contributed by atoms with Gasteiger partial charge in [-0.1, -0.05) is 5.57 Å². The number of anilines is 1. The first kappa shape index (κ1) is 15.7. The second-order valence-corrected chi connectivity index (χ2v) is 7.16. The SMILES string of the molecule is O=C(C=C1C2CC3CC1CN(C3)C2)Nc1ccc(C(F)(F)F)cc1. The van der Waals surface area contributed by atoms with Gasteiger partial charge < -0.3 is 10.2 Å². The van der Waals surface area contributed by atoms with Crippen LogP contribution in [0.1, 0.15) is 18.4 Å². The molecule has 0 spiro atoms. The van der Waals surface area contributed by atoms with Crippen LogP contribution in [0.5, 0.6) is 0 Å². The zero-order chi connectivity index (χ0) is 16.9. The highest BCUT2D eigenvalue weighted by atomic mass is 19.4. The van der Waals surface area contributed by atoms with Gasteiger partial charge in [0.25, 0.3) is 0 Å². The molecule has 1 saturated carbocycles. The van der Waals surface area contributed by atoms with E-state index in [2.05, 4.69) is 10.2 Å². The van der Waals surface area contributed by atoms with E-state index in [-0.39, 0.29) is 5.91 Å². The van der Waals surface area contributed by atoms with Crippen molar-refractivity contribution >= 4 is 11.6 Å². The van der Waals surface area contributed by atoms with E-state index in [1.54, 1.807) is 6.08 Å². The van der Waals surface area contributed by atoms with Gasteiger partial charge in [0.05, 0.1) is 5.56 Å². The molecule has 3 heterocycles. The van der Waals surface area contributed by atoms with E-state index < -0.39 is 11.7 Å². The summed E-state index contributed by atoms with van der Waals surface area (Å²) in [5.74, 6) is 1.45. The first-order valence-corrected chi connectivity index (χ1v) is 8.30. The van der Waals surface area contributed by atoms with E-state index in [4.69, 9.17) is 0 Å². The highest BCUT2D eigenvalue weighted by molar-refractivity contribution is 5.99. The summed E-state index contributed by atoms with van der Waals surface area (Å²) in [6.07, 6.45) is -0.356. The second kappa shape index (κ2) is 5.62. The van der Waals surface area contributed by atoms with Crippen LogP contribution in [-0.2, 0) is 11.0 Å². The molecule has 1 amide bonds. The van der Waals surface area contributed by atoms with Gasteiger partial charge in [-0.15, -0.1) is 0 Å². The van der Waals surface area contributed by atoms with Crippen molar-refractivity contribution in [3.63, 3.8) is 0 Å². The highest BCUT2D eigenvalue weighted by Gasteiger charge is 2.44. The maximum atomic E-state index is 12.6. The van der Waals surface area contributed by atoms with Gasteiger partial charge in [0.1, 0.15) is 0 Å². The topological polar surface area (TPSA) is 32.3 Å². The van der Waals surface area contributed by atoms with Gasteiger partial charge in [-0.25, -0.2) is 0 Å². The van der Waals surface area contributed by atoms with E-state index >= 15 is 0 Å². The minimum absolute atomic E-state index is 0.243. The van der Waals surface area contributed by atoms with Crippen molar-refractivity contribution in [3.8, 4) is 0 Å². The summed E-state index contributed by atoms with van der Waals surface area (Å²) in [4.78, 5) is 14.7. The van der Waals surface area contributed by atoms with Crippen molar-refractivity contribution in [1.82, 2.24) is 4.90 Å². The van der Waals surface area contributed by atoms with Gasteiger partial charge in [-0.3, -0.25) is 4.79 Å². The second-order valence-electron chi connectivity index (χ2n) is 7.16. The predicted molar refractivity (Wildman–Crippen MR) is 84.3 cm³/mol. The van der Waals surface area contributed by atoms with Gasteiger partial charge >= 0.3 is 6.18 Å². The van der Waals surface area contributed by atoms with Gasteiger partial charge in [0.15, 0.2) is 0 Å². The van der Waals surface area contributed by atoms with Gasteiger partial charge in [-0.05, 0) is 54.9 Å². The van der Waals surface area contributed by atoms with E-state index in [9.17, 15) is 18.0 Å². The van der Waals surface area contributed by atoms with Gasteiger partial charge in [0, 0.05) is 31.4 Å². The maximum Gasteiger partial charge on any atom is 0.416 e. The van der Waals surface area contributed by atoms with Gasteiger partial charge in [0.2, 0.25) is 5.91 Å². The first-order chi connectivity index (χ1) is 11.4. The molecule has 4 fully saturated rings. The Morgan fingerprint density at radius 1 is 1.08 bits per heavy atom. The highest BCUT2D eigenvalue weighted by Crippen LogP contribution is 2.46. The summed E-state index contributed by atoms with van der Waals surface area (Å²) in [6.45, 7) is 3.26. The molecule has 3 nitrogen and oxygen atoms in total. The van der Waals surface area contributed by atoms with Crippen LogP contribution in [0.4, 0.5) is 18.9 Å². The number of alkyl halides is 3. The molecule has 5 rings (SSSR count). The molecule has 0 aromatic heterocycles. The molecule has 2 atom stereocenters. The lowest BCUT2D eigenvalue weighted by atomic mass is 9.65. The average molecular weight is 336 g/mol. The van der Waals surface area contributed by atoms with Crippen LogP contribution in [0, 0.1) is 17.8 Å². The Morgan fingerprint density at radius 2 is 1.71 bits per heavy atom. The molecule has 1 N–H and O–H groups in total. The summed E-state index contributed by atoms with van der Waals surface area (Å²) in [5.41, 5.74) is 0.901. The van der Waals surface area contributed by atoms with Crippen molar-refractivity contribution in [2.75, 3.05) is 25.0 Å². The molecule has 2 unspecified atom stereocenters. The van der Waals surface area contributed by atoms with Gasteiger partial charge in [-0.2, -0.15) is 13.2 Å². The van der Waals surface area contributed by atoms with E-state index in [1.165, 1.54) is 24.3 Å². The minimum Gasteiger partial charge on any atom is -0.323 e. The van der Waals surface area contributed by atoms with E-state index in [0.717, 1.165) is 44.0 Å². The number of benzene rings is 1. The van der Waals surface area contributed by atoms with Crippen molar-refractivity contribution in [2.24, 2.45) is 17.8 Å². The molecule has 1 aromatic rings. The van der Waals surface area contributed by atoms with Crippen molar-refractivity contribution in [3.05, 3.63) is 41.5 Å². The van der Waals surface area contributed by atoms with E-state index in [0.29, 0.717) is 17.5 Å². The number of piperidine rings is 3. The summed E-state index contributed by atoms with van der Waals surface area (Å²) < 4.78 is 37.7. The molecular formula is C18H19F3N2O. The number of rotatable bonds is 2. The zero-order valence-electron chi connectivity index (χ0n) is 13.1. The number of hydrogen-bond donors (Lipinski definition) is 1. The quantitative estimate of drug-likeness (QED) is 0.838. The Labute approximate surface area is 138 Å². The number of nitrogens with zero attached hydrogens (tertiary/aromatic N) is 1. The van der Waals surface area contributed by atoms with Crippen molar-refractivity contribution in [2.45, 2.75) is 19.0 Å². The summed E-state index contributed by atoms with van der Waals surface area (Å²) in [6, 6.07) is 4.56. The fourth-order valence-corrected chi connectivity index (χ4v) is 4.54. The lowest BCUT2D eigenvalue weighted by Crippen LogP contribution is -2.54. The Hall–Kier alpha value is -1.82. The first-order valence-electron chi connectivity index (χ1n) is 8.30. The zero-order valence-corrected chi connectivity index (χ0v) is 13.1. The Bertz CT molecular complexity index is 648. The molecule has 6 heteroatoms. The molecule has 3 saturated heterocycles. The van der Waals surface area contributed by atoms with Crippen LogP contribution < -0.4 is 5.32 Å². The van der Waals surface area contributed by atoms with Crippen molar-refractivity contribution < 1.29 is 18.0 Å². The molecular weight excluding hydrogens is 317 g/mol. The summed E-state index contributed by atoms with van der Waals surface area (Å²) in [5, 5.41) is 2.68. The lowest BCUT2D eigenvalue weighted by Gasteiger charge is -2.53. The summed E-state index contributed by atoms with van der Waals surface area (Å²) in [7, 11) is 0. The Morgan fingerprint density at radius 3 is 2.25 bits per heavy atom. The van der Waals surface area contributed by atoms with Crippen LogP contribution >= 0.6 is 0 Å². The predicted octanol–water partition coefficient (Wildman–Crippen LogP) is 3.54. The molecule has 1 aliphatic carbocycles. The Kier molecular flexibility index (Phi) is 3.67. The van der Waals surface area contributed by atoms with Crippen molar-refractivity contribution in [1.29, 1.82) is 0 Å². The molecule has 1 aromatic carbocycles. The smallest absolute Gasteiger partial charge is 0.323 e. The molecule has 24 heavy (non-hydrogen) atoms. The maximum absolute atomic E-state index is 12.6. The van der Waals surface area contributed by atoms with Crippen LogP contribution in [-0.4, -0.2) is 30.4 Å². The molecule has 4 aliphatic rings. The largest absolute Gasteiger partial charge is 0.416 e. The number of carbonyl (C=O) groups excluding carboxylic acids is 1. The number of amides is 1. The molecule has 3 aliphatic heterocycles. The minimum atomic E-state index is -4.36. The third-order valence-corrected chi connectivity index (χ3v) is 5.43. The Balaban J connectivity index is 1.45. The normalized spacial score (nSPS) is 31.2. The average Bonchev–Trinajstić information content (AvgIpc) is 2.50.